The first-order valence-corrected chi connectivity index (χ1v) is 6.30. The van der Waals surface area contributed by atoms with Gasteiger partial charge in [-0.1, -0.05) is 0 Å². The molecule has 0 aliphatic rings. The van der Waals surface area contributed by atoms with Crippen LogP contribution >= 0.6 is 0 Å². The predicted octanol–water partition coefficient (Wildman–Crippen LogP) is 1.52. The minimum atomic E-state index is -0.868. The number of rotatable bonds is 5. The molecule has 2 aromatic heterocycles. The summed E-state index contributed by atoms with van der Waals surface area (Å²) in [6, 6.07) is 3.53. The van der Waals surface area contributed by atoms with Crippen LogP contribution in [0.5, 0.6) is 0 Å². The van der Waals surface area contributed by atoms with Gasteiger partial charge in [0.1, 0.15) is 5.76 Å². The Morgan fingerprint density at radius 2 is 2.20 bits per heavy atom. The number of nitrogens with zero attached hydrogens (tertiary/aromatic N) is 2. The molecule has 0 spiro atoms. The quantitative estimate of drug-likeness (QED) is 0.894. The molecular weight excluding hydrogens is 260 g/mol. The van der Waals surface area contributed by atoms with Crippen molar-refractivity contribution in [1.82, 2.24) is 9.55 Å². The molecule has 0 aliphatic carbocycles. The van der Waals surface area contributed by atoms with Gasteiger partial charge in [0, 0.05) is 17.8 Å². The van der Waals surface area contributed by atoms with Crippen LogP contribution in [0.1, 0.15) is 29.1 Å². The molecule has 0 fully saturated rings. The maximum atomic E-state index is 12.0. The van der Waals surface area contributed by atoms with Crippen LogP contribution in [0.4, 0.5) is 0 Å². The molecule has 0 bridgehead atoms. The molecule has 2 rings (SSSR count). The van der Waals surface area contributed by atoms with Crippen molar-refractivity contribution in [3.63, 3.8) is 0 Å². The molecule has 2 aromatic rings. The Morgan fingerprint density at radius 1 is 1.45 bits per heavy atom. The second-order valence-corrected chi connectivity index (χ2v) is 4.60. The van der Waals surface area contributed by atoms with E-state index in [1.54, 1.807) is 32.2 Å². The van der Waals surface area contributed by atoms with Crippen LogP contribution in [-0.4, -0.2) is 20.6 Å². The third-order valence-corrected chi connectivity index (χ3v) is 3.26. The number of aliphatic carboxylic acids is 1. The van der Waals surface area contributed by atoms with Gasteiger partial charge in [0.2, 0.25) is 0 Å². The monoisotopic (exact) mass is 276 g/mol. The first kappa shape index (κ1) is 14.0. The van der Waals surface area contributed by atoms with E-state index in [2.05, 4.69) is 4.98 Å². The number of hydrogen-bond acceptors (Lipinski definition) is 4. The number of carboxylic acid groups (broad SMARTS) is 1. The lowest BCUT2D eigenvalue weighted by Crippen LogP contribution is -2.28. The molecule has 1 N–H and O–H groups in total. The molecule has 106 valence electrons. The van der Waals surface area contributed by atoms with Crippen LogP contribution in [0.2, 0.25) is 0 Å². The van der Waals surface area contributed by atoms with Gasteiger partial charge in [0.25, 0.3) is 0 Å². The number of aromatic nitrogens is 2. The third-order valence-electron chi connectivity index (χ3n) is 3.26. The highest BCUT2D eigenvalue weighted by molar-refractivity contribution is 5.67. The summed E-state index contributed by atoms with van der Waals surface area (Å²) in [5.41, 5.74) is 1.78. The van der Waals surface area contributed by atoms with Crippen LogP contribution in [-0.2, 0) is 17.8 Å². The third kappa shape index (κ3) is 2.96. The average Bonchev–Trinajstić information content (AvgIpc) is 2.86. The molecule has 0 unspecified atom stereocenters. The van der Waals surface area contributed by atoms with Crippen molar-refractivity contribution >= 4 is 5.97 Å². The average molecular weight is 276 g/mol. The van der Waals surface area contributed by atoms with Crippen molar-refractivity contribution in [2.24, 2.45) is 0 Å². The van der Waals surface area contributed by atoms with Crippen molar-refractivity contribution < 1.29 is 14.3 Å². The number of furan rings is 1. The minimum absolute atomic E-state index is 0.0162. The molecule has 0 aromatic carbocycles. The smallest absolute Gasteiger partial charge is 0.348 e. The largest absolute Gasteiger partial charge is 0.481 e. The van der Waals surface area contributed by atoms with Crippen molar-refractivity contribution in [1.29, 1.82) is 0 Å². The van der Waals surface area contributed by atoms with Gasteiger partial charge in [-0.05, 0) is 38.0 Å². The molecule has 6 nitrogen and oxygen atoms in total. The molecule has 0 atom stereocenters. The lowest BCUT2D eigenvalue weighted by Gasteiger charge is -2.14. The summed E-state index contributed by atoms with van der Waals surface area (Å²) < 4.78 is 6.74. The summed E-state index contributed by atoms with van der Waals surface area (Å²) in [6.07, 6.45) is 1.92. The fourth-order valence-corrected chi connectivity index (χ4v) is 2.18. The zero-order valence-electron chi connectivity index (χ0n) is 11.4. The van der Waals surface area contributed by atoms with Crippen molar-refractivity contribution in [2.45, 2.75) is 33.2 Å². The van der Waals surface area contributed by atoms with E-state index < -0.39 is 5.97 Å². The van der Waals surface area contributed by atoms with E-state index in [9.17, 15) is 9.59 Å². The summed E-state index contributed by atoms with van der Waals surface area (Å²) in [4.78, 5) is 26.6. The lowest BCUT2D eigenvalue weighted by atomic mass is 10.1. The van der Waals surface area contributed by atoms with E-state index in [0.717, 1.165) is 11.3 Å². The summed E-state index contributed by atoms with van der Waals surface area (Å²) >= 11 is 0. The molecular formula is C14H16N2O4. The zero-order valence-corrected chi connectivity index (χ0v) is 11.4. The molecule has 0 saturated carbocycles. The summed E-state index contributed by atoms with van der Waals surface area (Å²) in [7, 11) is 0. The highest BCUT2D eigenvalue weighted by atomic mass is 16.4. The Labute approximate surface area is 115 Å². The van der Waals surface area contributed by atoms with Crippen molar-refractivity contribution in [3.05, 3.63) is 51.6 Å². The van der Waals surface area contributed by atoms with Crippen LogP contribution < -0.4 is 5.69 Å². The second kappa shape index (κ2) is 5.73. The van der Waals surface area contributed by atoms with Crippen LogP contribution in [0.3, 0.4) is 0 Å². The Balaban J connectivity index is 2.38. The Kier molecular flexibility index (Phi) is 4.02. The molecule has 0 radical (unpaired) electrons. The fraction of sp³-hybridized carbons (Fsp3) is 0.357. The highest BCUT2D eigenvalue weighted by Gasteiger charge is 2.13. The first-order chi connectivity index (χ1) is 9.49. The number of carboxylic acids is 1. The van der Waals surface area contributed by atoms with Gasteiger partial charge in [-0.15, -0.1) is 0 Å². The SMILES string of the molecule is Cc1nc(=O)n(Cc2ccco2)c(C)c1CCC(=O)O. The van der Waals surface area contributed by atoms with Gasteiger partial charge >= 0.3 is 11.7 Å². The van der Waals surface area contributed by atoms with Gasteiger partial charge < -0.3 is 9.52 Å². The van der Waals surface area contributed by atoms with E-state index in [1.165, 1.54) is 4.57 Å². The van der Waals surface area contributed by atoms with Crippen molar-refractivity contribution in [2.75, 3.05) is 0 Å². The van der Waals surface area contributed by atoms with Gasteiger partial charge in [-0.2, -0.15) is 4.98 Å². The van der Waals surface area contributed by atoms with Crippen LogP contribution in [0.15, 0.2) is 27.6 Å². The Morgan fingerprint density at radius 3 is 2.80 bits per heavy atom. The van der Waals surface area contributed by atoms with E-state index in [4.69, 9.17) is 9.52 Å². The van der Waals surface area contributed by atoms with Gasteiger partial charge in [0.05, 0.1) is 12.8 Å². The van der Waals surface area contributed by atoms with E-state index >= 15 is 0 Å². The topological polar surface area (TPSA) is 85.3 Å². The molecule has 0 saturated heterocycles. The van der Waals surface area contributed by atoms with E-state index in [-0.39, 0.29) is 12.1 Å². The van der Waals surface area contributed by atoms with E-state index in [1.807, 2.05) is 0 Å². The maximum Gasteiger partial charge on any atom is 0.348 e. The zero-order chi connectivity index (χ0) is 14.7. The summed E-state index contributed by atoms with van der Waals surface area (Å²) in [6.45, 7) is 3.82. The van der Waals surface area contributed by atoms with E-state index in [0.29, 0.717) is 24.4 Å². The Bertz CT molecular complexity index is 671. The standard InChI is InChI=1S/C14H16N2O4/c1-9-12(5-6-13(17)18)10(2)16(14(19)15-9)8-11-4-3-7-20-11/h3-4,7H,5-6,8H2,1-2H3,(H,17,18). The summed E-state index contributed by atoms with van der Waals surface area (Å²) in [5, 5.41) is 8.78. The number of hydrogen-bond donors (Lipinski definition) is 1. The minimum Gasteiger partial charge on any atom is -0.481 e. The lowest BCUT2D eigenvalue weighted by molar-refractivity contribution is -0.136. The predicted molar refractivity (Wildman–Crippen MR) is 71.7 cm³/mol. The second-order valence-electron chi connectivity index (χ2n) is 4.60. The highest BCUT2D eigenvalue weighted by Crippen LogP contribution is 2.13. The number of carbonyl (C=O) groups is 1. The van der Waals surface area contributed by atoms with Crippen LogP contribution in [0.25, 0.3) is 0 Å². The molecule has 20 heavy (non-hydrogen) atoms. The van der Waals surface area contributed by atoms with Gasteiger partial charge in [-0.3, -0.25) is 9.36 Å². The summed E-state index contributed by atoms with van der Waals surface area (Å²) in [5.74, 6) is -0.211. The first-order valence-electron chi connectivity index (χ1n) is 6.30. The maximum absolute atomic E-state index is 12.0. The van der Waals surface area contributed by atoms with Gasteiger partial charge in [-0.25, -0.2) is 4.79 Å². The molecule has 0 amide bonds. The molecule has 6 heteroatoms. The normalized spacial score (nSPS) is 10.7. The Hall–Kier alpha value is -2.37. The van der Waals surface area contributed by atoms with Crippen LogP contribution in [0, 0.1) is 13.8 Å². The fourth-order valence-electron chi connectivity index (χ4n) is 2.18. The molecule has 0 aliphatic heterocycles. The van der Waals surface area contributed by atoms with Crippen molar-refractivity contribution in [3.8, 4) is 0 Å². The molecule has 2 heterocycles. The number of aryl methyl sites for hydroxylation is 1. The van der Waals surface area contributed by atoms with Gasteiger partial charge in [0.15, 0.2) is 0 Å².